The van der Waals surface area contributed by atoms with Crippen LogP contribution in [0.4, 0.5) is 0 Å². The third-order valence-corrected chi connectivity index (χ3v) is 4.57. The Kier molecular flexibility index (Phi) is 4.45. The summed E-state index contributed by atoms with van der Waals surface area (Å²) >= 11 is 0. The van der Waals surface area contributed by atoms with Crippen molar-refractivity contribution >= 4 is 5.91 Å². The maximum atomic E-state index is 11.2. The molecule has 0 radical (unpaired) electrons. The number of hydrogen-bond acceptors (Lipinski definition) is 5. The highest BCUT2D eigenvalue weighted by atomic mass is 16.1. The van der Waals surface area contributed by atoms with E-state index in [9.17, 15) is 4.79 Å². The minimum absolute atomic E-state index is 0.405. The maximum Gasteiger partial charge on any atom is 0.248 e. The Morgan fingerprint density at radius 3 is 2.46 bits per heavy atom. The molecule has 1 aliphatic rings. The van der Waals surface area contributed by atoms with Crippen molar-refractivity contribution in [2.24, 2.45) is 5.73 Å². The number of primary amides is 1. The number of tetrazole rings is 1. The second kappa shape index (κ2) is 7.05. The van der Waals surface area contributed by atoms with E-state index in [1.165, 1.54) is 12.8 Å². The van der Waals surface area contributed by atoms with Crippen LogP contribution in [-0.4, -0.2) is 37.1 Å². The molecule has 2 aromatic carbocycles. The molecule has 1 heterocycles. The monoisotopic (exact) mass is 348 g/mol. The fraction of sp³-hybridized carbons (Fsp3) is 0.263. The summed E-state index contributed by atoms with van der Waals surface area (Å²) in [4.78, 5) is 13.6. The molecule has 0 unspecified atom stereocenters. The predicted molar refractivity (Wildman–Crippen MR) is 96.4 cm³/mol. The molecule has 3 aromatic rings. The molecule has 4 rings (SSSR count). The molecule has 0 bridgehead atoms. The van der Waals surface area contributed by atoms with Gasteiger partial charge in [0.15, 0.2) is 5.82 Å². The summed E-state index contributed by atoms with van der Waals surface area (Å²) in [6.45, 7) is 1.45. The Hall–Kier alpha value is -3.06. The first-order valence-electron chi connectivity index (χ1n) is 8.66. The Balaban J connectivity index is 1.52. The van der Waals surface area contributed by atoms with Crippen LogP contribution < -0.4 is 5.73 Å². The third kappa shape index (κ3) is 3.62. The van der Waals surface area contributed by atoms with Crippen LogP contribution >= 0.6 is 0 Å². The number of benzene rings is 2. The Morgan fingerprint density at radius 2 is 1.81 bits per heavy atom. The number of para-hydroxylation sites is 1. The summed E-state index contributed by atoms with van der Waals surface area (Å²) in [5, 5.41) is 12.2. The molecule has 1 aromatic heterocycles. The fourth-order valence-corrected chi connectivity index (χ4v) is 3.02. The second-order valence-corrected chi connectivity index (χ2v) is 6.54. The largest absolute Gasteiger partial charge is 0.366 e. The number of nitrogens with zero attached hydrogens (tertiary/aromatic N) is 5. The molecule has 0 saturated heterocycles. The molecule has 0 aliphatic heterocycles. The molecule has 1 fully saturated rings. The summed E-state index contributed by atoms with van der Waals surface area (Å²) in [6, 6.07) is 17.9. The minimum atomic E-state index is -0.405. The van der Waals surface area contributed by atoms with Gasteiger partial charge >= 0.3 is 0 Å². The number of rotatable bonds is 7. The van der Waals surface area contributed by atoms with E-state index in [1.54, 1.807) is 16.8 Å². The summed E-state index contributed by atoms with van der Waals surface area (Å²) in [5.41, 5.74) is 7.93. The first-order chi connectivity index (χ1) is 12.7. The van der Waals surface area contributed by atoms with Crippen LogP contribution in [0.2, 0.25) is 0 Å². The first-order valence-corrected chi connectivity index (χ1v) is 8.66. The average Bonchev–Trinajstić information content (AvgIpc) is 3.41. The van der Waals surface area contributed by atoms with Gasteiger partial charge in [-0.25, -0.2) is 0 Å². The molecule has 1 aliphatic carbocycles. The van der Waals surface area contributed by atoms with E-state index >= 15 is 0 Å². The molecule has 7 heteroatoms. The van der Waals surface area contributed by atoms with E-state index in [4.69, 9.17) is 5.73 Å². The number of nitrogens with two attached hydrogens (primary N) is 1. The van der Waals surface area contributed by atoms with Crippen molar-refractivity contribution in [2.75, 3.05) is 0 Å². The third-order valence-electron chi connectivity index (χ3n) is 4.57. The van der Waals surface area contributed by atoms with Crippen molar-refractivity contribution in [3.63, 3.8) is 0 Å². The Bertz CT molecular complexity index is 886. The Morgan fingerprint density at radius 1 is 1.08 bits per heavy atom. The molecule has 0 spiro atoms. The van der Waals surface area contributed by atoms with Gasteiger partial charge in [0.1, 0.15) is 0 Å². The van der Waals surface area contributed by atoms with Crippen LogP contribution in [0.5, 0.6) is 0 Å². The van der Waals surface area contributed by atoms with Crippen LogP contribution in [0.25, 0.3) is 5.69 Å². The van der Waals surface area contributed by atoms with Crippen LogP contribution in [0.3, 0.4) is 0 Å². The van der Waals surface area contributed by atoms with Gasteiger partial charge in [0.05, 0.1) is 12.2 Å². The van der Waals surface area contributed by atoms with Gasteiger partial charge in [0.25, 0.3) is 0 Å². The second-order valence-electron chi connectivity index (χ2n) is 6.54. The van der Waals surface area contributed by atoms with Gasteiger partial charge in [0, 0.05) is 18.2 Å². The molecule has 1 saturated carbocycles. The average molecular weight is 348 g/mol. The molecular formula is C19H20N6O. The van der Waals surface area contributed by atoms with Crippen LogP contribution in [0.15, 0.2) is 54.6 Å². The zero-order chi connectivity index (χ0) is 17.9. The number of carbonyl (C=O) groups excluding carboxylic acids is 1. The molecular weight excluding hydrogens is 328 g/mol. The van der Waals surface area contributed by atoms with Gasteiger partial charge in [0.2, 0.25) is 5.91 Å². The van der Waals surface area contributed by atoms with Gasteiger partial charge in [-0.1, -0.05) is 30.3 Å². The van der Waals surface area contributed by atoms with Crippen LogP contribution in [0.1, 0.15) is 34.6 Å². The molecule has 26 heavy (non-hydrogen) atoms. The maximum absolute atomic E-state index is 11.2. The van der Waals surface area contributed by atoms with Crippen LogP contribution in [0, 0.1) is 0 Å². The summed E-state index contributed by atoms with van der Waals surface area (Å²) in [7, 11) is 0. The SMILES string of the molecule is NC(=O)c1ccc(CN(Cc2nnnn2-c2ccccc2)C2CC2)cc1. The van der Waals surface area contributed by atoms with Crippen molar-refractivity contribution in [1.82, 2.24) is 25.1 Å². The zero-order valence-corrected chi connectivity index (χ0v) is 14.3. The quantitative estimate of drug-likeness (QED) is 0.704. The van der Waals surface area contributed by atoms with Crippen molar-refractivity contribution in [1.29, 1.82) is 0 Å². The highest BCUT2D eigenvalue weighted by Crippen LogP contribution is 2.29. The summed E-state index contributed by atoms with van der Waals surface area (Å²) in [6.07, 6.45) is 2.37. The van der Waals surface area contributed by atoms with E-state index in [-0.39, 0.29) is 0 Å². The number of amides is 1. The van der Waals surface area contributed by atoms with Crippen molar-refractivity contribution < 1.29 is 4.79 Å². The van der Waals surface area contributed by atoms with Crippen molar-refractivity contribution in [2.45, 2.75) is 32.0 Å². The number of carbonyl (C=O) groups is 1. The van der Waals surface area contributed by atoms with Gasteiger partial charge < -0.3 is 5.73 Å². The lowest BCUT2D eigenvalue weighted by Crippen LogP contribution is -2.27. The summed E-state index contributed by atoms with van der Waals surface area (Å²) in [5.74, 6) is 0.412. The van der Waals surface area contributed by atoms with Crippen molar-refractivity contribution in [3.8, 4) is 5.69 Å². The van der Waals surface area contributed by atoms with E-state index in [0.29, 0.717) is 18.2 Å². The zero-order valence-electron chi connectivity index (χ0n) is 14.3. The van der Waals surface area contributed by atoms with Gasteiger partial charge in [-0.3, -0.25) is 9.69 Å². The molecule has 7 nitrogen and oxygen atoms in total. The lowest BCUT2D eigenvalue weighted by atomic mass is 10.1. The molecule has 2 N–H and O–H groups in total. The fourth-order valence-electron chi connectivity index (χ4n) is 3.02. The van der Waals surface area contributed by atoms with E-state index in [1.807, 2.05) is 42.5 Å². The predicted octanol–water partition coefficient (Wildman–Crippen LogP) is 1.93. The number of hydrogen-bond donors (Lipinski definition) is 1. The standard InChI is InChI=1S/C19H20N6O/c20-19(26)15-8-6-14(7-9-15)12-24(16-10-11-16)13-18-21-22-23-25(18)17-4-2-1-3-5-17/h1-9,16H,10-13H2,(H2,20,26). The van der Waals surface area contributed by atoms with Gasteiger partial charge in [-0.05, 0) is 53.1 Å². The first kappa shape index (κ1) is 16.4. The van der Waals surface area contributed by atoms with E-state index in [0.717, 1.165) is 23.6 Å². The van der Waals surface area contributed by atoms with Gasteiger partial charge in [-0.15, -0.1) is 5.10 Å². The van der Waals surface area contributed by atoms with E-state index < -0.39 is 5.91 Å². The molecule has 1 amide bonds. The topological polar surface area (TPSA) is 89.9 Å². The number of aromatic nitrogens is 4. The smallest absolute Gasteiger partial charge is 0.248 e. The van der Waals surface area contributed by atoms with Crippen LogP contribution in [-0.2, 0) is 13.1 Å². The van der Waals surface area contributed by atoms with Crippen molar-refractivity contribution in [3.05, 3.63) is 71.5 Å². The summed E-state index contributed by atoms with van der Waals surface area (Å²) < 4.78 is 1.78. The lowest BCUT2D eigenvalue weighted by molar-refractivity contribution is 0.100. The molecule has 0 atom stereocenters. The molecule has 132 valence electrons. The lowest BCUT2D eigenvalue weighted by Gasteiger charge is -2.21. The van der Waals surface area contributed by atoms with Gasteiger partial charge in [-0.2, -0.15) is 4.68 Å². The highest BCUT2D eigenvalue weighted by molar-refractivity contribution is 5.92. The normalized spacial score (nSPS) is 13.9. The Labute approximate surface area is 151 Å². The minimum Gasteiger partial charge on any atom is -0.366 e. The highest BCUT2D eigenvalue weighted by Gasteiger charge is 2.30. The van der Waals surface area contributed by atoms with E-state index in [2.05, 4.69) is 20.4 Å².